The fourth-order valence-electron chi connectivity index (χ4n) is 11.2. The Hall–Kier alpha value is -9.40. The lowest BCUT2D eigenvalue weighted by Crippen LogP contribution is -2.72. The third-order valence-corrected chi connectivity index (χ3v) is 17.6. The number of ether oxygens (including phenoxy) is 1. The van der Waals surface area contributed by atoms with Gasteiger partial charge in [-0.05, 0) is 58.4 Å². The number of anilines is 1. The van der Waals surface area contributed by atoms with Crippen molar-refractivity contribution >= 4 is 63.3 Å². The summed E-state index contributed by atoms with van der Waals surface area (Å²) in [6.07, 6.45) is 3.54. The monoisotopic (exact) mass is 1160 g/mol. The van der Waals surface area contributed by atoms with Crippen molar-refractivity contribution in [2.45, 2.75) is 47.9 Å². The molecule has 0 unspecified atom stereocenters. The minimum Gasteiger partial charge on any atom is -0.448 e. The molecule has 2 aromatic heterocycles. The summed E-state index contributed by atoms with van der Waals surface area (Å²) in [6.45, 7) is 0. The molecule has 2 N–H and O–H groups in total. The number of thioether (sulfide) groups is 1. The van der Waals surface area contributed by atoms with Crippen molar-refractivity contribution < 1.29 is 24.0 Å². The summed E-state index contributed by atoms with van der Waals surface area (Å²) >= 11 is 10.0. The first-order valence-corrected chi connectivity index (χ1v) is 29.7. The van der Waals surface area contributed by atoms with Crippen molar-refractivity contribution in [3.05, 3.63) is 338 Å². The van der Waals surface area contributed by atoms with Gasteiger partial charge in [0, 0.05) is 39.7 Å². The molecule has 4 heterocycles. The summed E-state index contributed by atoms with van der Waals surface area (Å²) in [4.78, 5) is 64.4. The number of pyridine rings is 1. The number of carbonyl (C=O) groups is 3. The standard InChI is InChI=1S/C70H55ClN6O5S2/c71-64-60(74-68(84-64)75-69(51-29-13-3-14-30-51,52-31-15-4-16-32-52)53-33-17-5-18-34-53)61(76-82-70(54-35-19-6-20-36-54,55-37-21-7-22-38-55)56-39-23-8-24-40-56)65(78)73-59-57-41-42-58(83-47-48-43-45-72-46-44-48)62(77(57)66(59)79)67(80)81-63(49-25-9-1-10-26-49)50-27-11-2-12-28-50/h1-40,43-46,57,59,63H,41-42,47H2,(H,73,78)(H,74,75)/b76-61-/t57-,59+/m1/s1. The molecule has 414 valence electrons. The van der Waals surface area contributed by atoms with E-state index in [0.717, 1.165) is 61.4 Å². The van der Waals surface area contributed by atoms with E-state index in [0.29, 0.717) is 28.6 Å². The molecule has 84 heavy (non-hydrogen) atoms. The lowest BCUT2D eigenvalue weighted by molar-refractivity contribution is -0.158. The average Bonchev–Trinajstić information content (AvgIpc) is 1.73. The third-order valence-electron chi connectivity index (χ3n) is 15.2. The zero-order chi connectivity index (χ0) is 57.3. The number of carbonyl (C=O) groups excluding carboxylic acids is 3. The van der Waals surface area contributed by atoms with Gasteiger partial charge in [0.2, 0.25) is 5.60 Å². The van der Waals surface area contributed by atoms with Gasteiger partial charge in [-0.2, -0.15) is 0 Å². The van der Waals surface area contributed by atoms with Gasteiger partial charge in [0.25, 0.3) is 11.8 Å². The van der Waals surface area contributed by atoms with Gasteiger partial charge in [-0.3, -0.25) is 19.5 Å². The summed E-state index contributed by atoms with van der Waals surface area (Å²) in [6, 6.07) is 80.5. The van der Waals surface area contributed by atoms with Crippen LogP contribution in [0.25, 0.3) is 0 Å². The van der Waals surface area contributed by atoms with E-state index in [1.54, 1.807) is 12.4 Å². The molecule has 2 aliphatic heterocycles. The van der Waals surface area contributed by atoms with Crippen LogP contribution in [-0.4, -0.2) is 50.4 Å². The summed E-state index contributed by atoms with van der Waals surface area (Å²) in [5.74, 6) is -1.40. The molecule has 1 saturated heterocycles. The maximum atomic E-state index is 15.7. The summed E-state index contributed by atoms with van der Waals surface area (Å²) in [7, 11) is 0. The van der Waals surface area contributed by atoms with Gasteiger partial charge in [0.15, 0.2) is 16.9 Å². The highest BCUT2D eigenvalue weighted by molar-refractivity contribution is 8.02. The van der Waals surface area contributed by atoms with Gasteiger partial charge in [0.05, 0.1) is 6.04 Å². The Kier molecular flexibility index (Phi) is 16.4. The van der Waals surface area contributed by atoms with Gasteiger partial charge in [-0.25, -0.2) is 9.78 Å². The van der Waals surface area contributed by atoms with Crippen LogP contribution < -0.4 is 10.6 Å². The maximum absolute atomic E-state index is 15.7. The van der Waals surface area contributed by atoms with Crippen molar-refractivity contribution in [2.24, 2.45) is 5.16 Å². The molecule has 0 spiro atoms. The molecular weight excluding hydrogens is 1100 g/mol. The number of allylic oxidation sites excluding steroid dienone is 1. The first kappa shape index (κ1) is 55.2. The molecule has 8 aromatic carbocycles. The fraction of sp³-hybridized carbons (Fsp3) is 0.114. The normalized spacial score (nSPS) is 15.2. The molecule has 0 radical (unpaired) electrons. The Morgan fingerprint density at radius 3 is 1.54 bits per heavy atom. The van der Waals surface area contributed by atoms with Crippen LogP contribution in [0.4, 0.5) is 5.13 Å². The largest absolute Gasteiger partial charge is 0.448 e. The number of hydrogen-bond donors (Lipinski definition) is 2. The van der Waals surface area contributed by atoms with Gasteiger partial charge in [-0.15, -0.1) is 11.8 Å². The third kappa shape index (κ3) is 11.0. The molecule has 0 bridgehead atoms. The molecule has 10 aromatic rings. The number of nitrogens with one attached hydrogen (secondary N) is 2. The zero-order valence-corrected chi connectivity index (χ0v) is 47.7. The van der Waals surface area contributed by atoms with Gasteiger partial charge in [-0.1, -0.05) is 271 Å². The van der Waals surface area contributed by atoms with E-state index in [2.05, 4.69) is 52.0 Å². The maximum Gasteiger partial charge on any atom is 0.356 e. The molecule has 0 aliphatic carbocycles. The Bertz CT molecular complexity index is 3710. The highest BCUT2D eigenvalue weighted by Gasteiger charge is 2.55. The highest BCUT2D eigenvalue weighted by Crippen LogP contribution is 2.46. The number of esters is 1. The first-order chi connectivity index (χ1) is 41.3. The second-order valence-corrected chi connectivity index (χ2v) is 22.9. The Balaban J connectivity index is 0.945. The van der Waals surface area contributed by atoms with E-state index >= 15 is 14.4 Å². The van der Waals surface area contributed by atoms with Crippen LogP contribution in [0.5, 0.6) is 0 Å². The molecule has 1 fully saturated rings. The minimum absolute atomic E-state index is 0.0203. The van der Waals surface area contributed by atoms with E-state index in [1.807, 2.05) is 218 Å². The van der Waals surface area contributed by atoms with Crippen LogP contribution in [0.15, 0.2) is 283 Å². The quantitative estimate of drug-likeness (QED) is 0.0251. The Morgan fingerprint density at radius 1 is 0.631 bits per heavy atom. The van der Waals surface area contributed by atoms with Crippen molar-refractivity contribution in [2.75, 3.05) is 5.32 Å². The first-order valence-electron chi connectivity index (χ1n) is 27.6. The fourth-order valence-corrected chi connectivity index (χ4v) is 13.4. The van der Waals surface area contributed by atoms with Crippen molar-refractivity contribution in [1.29, 1.82) is 0 Å². The molecular formula is C70H55ClN6O5S2. The highest BCUT2D eigenvalue weighted by atomic mass is 35.5. The van der Waals surface area contributed by atoms with Crippen molar-refractivity contribution in [3.63, 3.8) is 0 Å². The number of amides is 2. The summed E-state index contributed by atoms with van der Waals surface area (Å²) in [5, 5.41) is 12.1. The number of halogens is 1. The molecule has 12 rings (SSSR count). The minimum atomic E-state index is -1.42. The number of fused-ring (bicyclic) bond motifs is 1. The van der Waals surface area contributed by atoms with Gasteiger partial charge < -0.3 is 20.2 Å². The number of thiazole rings is 1. The Morgan fingerprint density at radius 2 is 1.07 bits per heavy atom. The van der Waals surface area contributed by atoms with Crippen LogP contribution in [0, 0.1) is 0 Å². The second-order valence-electron chi connectivity index (χ2n) is 20.2. The van der Waals surface area contributed by atoms with Crippen molar-refractivity contribution in [1.82, 2.24) is 20.2 Å². The molecule has 14 heteroatoms. The predicted octanol–water partition coefficient (Wildman–Crippen LogP) is 14.3. The number of aromatic nitrogens is 2. The van der Waals surface area contributed by atoms with Crippen LogP contribution >= 0.6 is 34.7 Å². The van der Waals surface area contributed by atoms with E-state index in [-0.39, 0.29) is 21.4 Å². The molecule has 0 saturated carbocycles. The van der Waals surface area contributed by atoms with Crippen LogP contribution in [-0.2, 0) is 40.9 Å². The number of nitrogens with zero attached hydrogens (tertiary/aromatic N) is 4. The zero-order valence-electron chi connectivity index (χ0n) is 45.3. The second kappa shape index (κ2) is 25.0. The van der Waals surface area contributed by atoms with Gasteiger partial charge >= 0.3 is 5.97 Å². The van der Waals surface area contributed by atoms with E-state index in [1.165, 1.54) is 16.7 Å². The van der Waals surface area contributed by atoms with Crippen molar-refractivity contribution in [3.8, 4) is 0 Å². The lowest BCUT2D eigenvalue weighted by Gasteiger charge is -2.50. The predicted molar refractivity (Wildman–Crippen MR) is 332 cm³/mol. The van der Waals surface area contributed by atoms with Crippen LogP contribution in [0.3, 0.4) is 0 Å². The molecule has 2 atom stereocenters. The summed E-state index contributed by atoms with van der Waals surface area (Å²) in [5.41, 5.74) is 4.97. The number of hydrogen-bond acceptors (Lipinski definition) is 11. The SMILES string of the molecule is O=C(OC(c1ccccc1)c1ccccc1)C1=C(SCc2ccncc2)CC[C@@H]2[C@H](NC(=O)/C(=N\OC(c3ccccc3)(c3ccccc3)c3ccccc3)c3nc(NC(c4ccccc4)(c4ccccc4)c4ccccc4)sc3Cl)C(=O)N12. The number of β-lactam (4-membered cyclic amide) rings is 1. The van der Waals surface area contributed by atoms with E-state index < -0.39 is 47.1 Å². The smallest absolute Gasteiger partial charge is 0.356 e. The van der Waals surface area contributed by atoms with E-state index in [9.17, 15) is 0 Å². The van der Waals surface area contributed by atoms with Gasteiger partial charge in [0.1, 0.15) is 27.3 Å². The summed E-state index contributed by atoms with van der Waals surface area (Å²) < 4.78 is 6.64. The number of benzene rings is 8. The molecule has 2 amide bonds. The number of oxime groups is 1. The Labute approximate surface area is 500 Å². The molecule has 11 nitrogen and oxygen atoms in total. The van der Waals surface area contributed by atoms with Crippen LogP contribution in [0.1, 0.15) is 74.7 Å². The number of rotatable bonds is 20. The average molecular weight is 1160 g/mol. The topological polar surface area (TPSA) is 135 Å². The van der Waals surface area contributed by atoms with Crippen LogP contribution in [0.2, 0.25) is 4.34 Å². The lowest BCUT2D eigenvalue weighted by atomic mass is 9.77. The molecule has 2 aliphatic rings. The van der Waals surface area contributed by atoms with E-state index in [4.69, 9.17) is 31.3 Å².